The molecule has 1 aromatic heterocycles. The number of methoxy groups -OCH3 is 1. The fraction of sp³-hybridized carbons (Fsp3) is 0.190. The van der Waals surface area contributed by atoms with Gasteiger partial charge in [0.05, 0.1) is 37.0 Å². The first kappa shape index (κ1) is 18.7. The molecule has 4 rings (SSSR count). The number of carbonyl (C=O) groups is 2. The van der Waals surface area contributed by atoms with E-state index in [1.165, 1.54) is 12.0 Å². The van der Waals surface area contributed by atoms with E-state index in [4.69, 9.17) is 4.74 Å². The van der Waals surface area contributed by atoms with Crippen LogP contribution in [0.15, 0.2) is 59.8 Å². The number of imidazole rings is 1. The molecule has 3 N–H and O–H groups in total. The molecule has 29 heavy (non-hydrogen) atoms. The van der Waals surface area contributed by atoms with E-state index < -0.39 is 5.97 Å². The third kappa shape index (κ3) is 3.45. The van der Waals surface area contributed by atoms with E-state index in [0.717, 1.165) is 11.1 Å². The molecule has 8 nitrogen and oxygen atoms in total. The van der Waals surface area contributed by atoms with Crippen molar-refractivity contribution < 1.29 is 19.4 Å². The molecular formula is C21H20N4O4. The van der Waals surface area contributed by atoms with Gasteiger partial charge in [0.25, 0.3) is 5.91 Å². The van der Waals surface area contributed by atoms with Crippen molar-refractivity contribution in [2.75, 3.05) is 32.1 Å². The molecule has 148 valence electrons. The van der Waals surface area contributed by atoms with E-state index in [0.29, 0.717) is 17.0 Å². The van der Waals surface area contributed by atoms with Crippen molar-refractivity contribution in [3.05, 3.63) is 59.8 Å². The number of fused-ring (bicyclic) bond motifs is 1. The monoisotopic (exact) mass is 392 g/mol. The Hall–Kier alpha value is -3.65. The number of hydrogen-bond acceptors (Lipinski definition) is 6. The Labute approximate surface area is 166 Å². The highest BCUT2D eigenvalue weighted by Gasteiger charge is 2.34. The molecule has 2 aromatic carbocycles. The summed E-state index contributed by atoms with van der Waals surface area (Å²) in [5.41, 5.74) is 3.35. The van der Waals surface area contributed by atoms with Gasteiger partial charge in [0, 0.05) is 12.1 Å². The fourth-order valence-electron chi connectivity index (χ4n) is 3.35. The van der Waals surface area contributed by atoms with Gasteiger partial charge in [-0.15, -0.1) is 0 Å². The Kier molecular flexibility index (Phi) is 5.01. The van der Waals surface area contributed by atoms with E-state index in [1.807, 2.05) is 42.5 Å². The summed E-state index contributed by atoms with van der Waals surface area (Å²) < 4.78 is 4.83. The number of anilines is 1. The minimum absolute atomic E-state index is 0.0835. The minimum atomic E-state index is -0.583. The number of aromatic nitrogens is 2. The number of benzene rings is 2. The molecule has 0 aliphatic carbocycles. The van der Waals surface area contributed by atoms with Gasteiger partial charge in [-0.25, -0.2) is 9.78 Å². The van der Waals surface area contributed by atoms with Gasteiger partial charge in [-0.1, -0.05) is 36.4 Å². The lowest BCUT2D eigenvalue weighted by Crippen LogP contribution is -2.31. The minimum Gasteiger partial charge on any atom is -0.466 e. The number of carbonyl (C=O) groups excluding carboxylic acids is 2. The summed E-state index contributed by atoms with van der Waals surface area (Å²) in [7, 11) is 1.27. The number of nitrogens with one attached hydrogen (secondary N) is 2. The van der Waals surface area contributed by atoms with Crippen LogP contribution in [0, 0.1) is 0 Å². The first-order chi connectivity index (χ1) is 14.1. The van der Waals surface area contributed by atoms with Crippen LogP contribution in [0.5, 0.6) is 0 Å². The van der Waals surface area contributed by atoms with Crippen LogP contribution in [0.2, 0.25) is 0 Å². The summed E-state index contributed by atoms with van der Waals surface area (Å²) in [4.78, 5) is 34.3. The third-order valence-electron chi connectivity index (χ3n) is 4.77. The molecule has 1 amide bonds. The van der Waals surface area contributed by atoms with Gasteiger partial charge in [-0.3, -0.25) is 4.79 Å². The maximum Gasteiger partial charge on any atom is 0.337 e. The number of H-pyrrole nitrogens is 1. The second-order valence-corrected chi connectivity index (χ2v) is 6.57. The zero-order valence-electron chi connectivity index (χ0n) is 15.8. The van der Waals surface area contributed by atoms with Crippen LogP contribution in [0.25, 0.3) is 22.4 Å². The Bertz CT molecular complexity index is 1100. The summed E-state index contributed by atoms with van der Waals surface area (Å²) in [5, 5.41) is 12.3. The van der Waals surface area contributed by atoms with E-state index in [2.05, 4.69) is 15.3 Å². The SMILES string of the molecule is COC(=O)C1=C(Nc2cccc3[nH]c(-c4ccccc4)nc23)C(=O)N(CCO)C1. The molecule has 0 fully saturated rings. The third-order valence-corrected chi connectivity index (χ3v) is 4.77. The normalized spacial score (nSPS) is 14.0. The average molecular weight is 392 g/mol. The summed E-state index contributed by atoms with van der Waals surface area (Å²) in [6.45, 7) is 0.0261. The standard InChI is InChI=1S/C21H20N4O4/c1-29-21(28)14-12-25(10-11-26)20(27)17(14)22-15-8-5-9-16-18(15)24-19(23-16)13-6-3-2-4-7-13/h2-9,22,26H,10-12H2,1H3,(H,23,24). The first-order valence-corrected chi connectivity index (χ1v) is 9.15. The van der Waals surface area contributed by atoms with Gasteiger partial charge >= 0.3 is 5.97 Å². The van der Waals surface area contributed by atoms with Crippen molar-refractivity contribution in [2.24, 2.45) is 0 Å². The highest BCUT2D eigenvalue weighted by molar-refractivity contribution is 6.09. The van der Waals surface area contributed by atoms with Gasteiger partial charge in [-0.05, 0) is 12.1 Å². The first-order valence-electron chi connectivity index (χ1n) is 9.15. The zero-order valence-corrected chi connectivity index (χ0v) is 15.8. The second-order valence-electron chi connectivity index (χ2n) is 6.57. The van der Waals surface area contributed by atoms with Gasteiger partial charge in [-0.2, -0.15) is 0 Å². The average Bonchev–Trinajstić information content (AvgIpc) is 3.32. The lowest BCUT2D eigenvalue weighted by Gasteiger charge is -2.15. The molecule has 0 saturated carbocycles. The van der Waals surface area contributed by atoms with Crippen LogP contribution in [-0.2, 0) is 14.3 Å². The number of aliphatic hydroxyl groups is 1. The quantitative estimate of drug-likeness (QED) is 0.553. The lowest BCUT2D eigenvalue weighted by molar-refractivity contribution is -0.136. The number of aromatic amines is 1. The Morgan fingerprint density at radius 3 is 2.76 bits per heavy atom. The Morgan fingerprint density at radius 1 is 1.24 bits per heavy atom. The molecule has 1 aliphatic heterocycles. The van der Waals surface area contributed by atoms with Crippen molar-refractivity contribution in [3.63, 3.8) is 0 Å². The number of β-amino-alcohol motifs (C(OH)–C–C–N with tert-alkyl or cyclic N) is 1. The van der Waals surface area contributed by atoms with Gasteiger partial charge in [0.2, 0.25) is 0 Å². The summed E-state index contributed by atoms with van der Waals surface area (Å²) >= 11 is 0. The molecule has 3 aromatic rings. The largest absolute Gasteiger partial charge is 0.466 e. The molecule has 0 atom stereocenters. The fourth-order valence-corrected chi connectivity index (χ4v) is 3.35. The van der Waals surface area contributed by atoms with Gasteiger partial charge in [0.15, 0.2) is 0 Å². The summed E-state index contributed by atoms with van der Waals surface area (Å²) in [5.74, 6) is -0.243. The van der Waals surface area contributed by atoms with Gasteiger partial charge in [0.1, 0.15) is 17.0 Å². The number of para-hydroxylation sites is 1. The van der Waals surface area contributed by atoms with Crippen LogP contribution < -0.4 is 5.32 Å². The maximum atomic E-state index is 12.8. The van der Waals surface area contributed by atoms with Crippen LogP contribution in [0.3, 0.4) is 0 Å². The second kappa shape index (κ2) is 7.76. The predicted octanol–water partition coefficient (Wildman–Crippen LogP) is 1.90. The van der Waals surface area contributed by atoms with E-state index in [-0.39, 0.29) is 36.9 Å². The number of aliphatic hydroxyl groups excluding tert-OH is 1. The number of hydrogen-bond donors (Lipinski definition) is 3. The number of nitrogens with zero attached hydrogens (tertiary/aromatic N) is 2. The van der Waals surface area contributed by atoms with Crippen LogP contribution >= 0.6 is 0 Å². The maximum absolute atomic E-state index is 12.8. The lowest BCUT2D eigenvalue weighted by atomic mass is 10.2. The van der Waals surface area contributed by atoms with E-state index in [9.17, 15) is 14.7 Å². The molecule has 0 saturated heterocycles. The van der Waals surface area contributed by atoms with E-state index >= 15 is 0 Å². The molecular weight excluding hydrogens is 372 g/mol. The van der Waals surface area contributed by atoms with E-state index in [1.54, 1.807) is 6.07 Å². The molecule has 2 heterocycles. The number of ether oxygens (including phenoxy) is 1. The summed E-state index contributed by atoms with van der Waals surface area (Å²) in [6, 6.07) is 15.2. The number of amides is 1. The number of rotatable bonds is 6. The molecule has 8 heteroatoms. The van der Waals surface area contributed by atoms with Crippen LogP contribution in [0.1, 0.15) is 0 Å². The molecule has 0 bridgehead atoms. The predicted molar refractivity (Wildman–Crippen MR) is 108 cm³/mol. The Balaban J connectivity index is 1.73. The smallest absolute Gasteiger partial charge is 0.337 e. The highest BCUT2D eigenvalue weighted by Crippen LogP contribution is 2.29. The molecule has 1 aliphatic rings. The van der Waals surface area contributed by atoms with Crippen molar-refractivity contribution in [2.45, 2.75) is 0 Å². The summed E-state index contributed by atoms with van der Waals surface area (Å²) in [6.07, 6.45) is 0. The highest BCUT2D eigenvalue weighted by atomic mass is 16.5. The van der Waals surface area contributed by atoms with Gasteiger partial charge < -0.3 is 25.0 Å². The van der Waals surface area contributed by atoms with Crippen molar-refractivity contribution in [1.82, 2.24) is 14.9 Å². The van der Waals surface area contributed by atoms with Crippen molar-refractivity contribution in [1.29, 1.82) is 0 Å². The van der Waals surface area contributed by atoms with Crippen molar-refractivity contribution >= 4 is 28.6 Å². The molecule has 0 spiro atoms. The van der Waals surface area contributed by atoms with Crippen molar-refractivity contribution in [3.8, 4) is 11.4 Å². The Morgan fingerprint density at radius 2 is 2.03 bits per heavy atom. The molecule has 0 unspecified atom stereocenters. The number of esters is 1. The topological polar surface area (TPSA) is 108 Å². The zero-order chi connectivity index (χ0) is 20.4. The van der Waals surface area contributed by atoms with Crippen LogP contribution in [-0.4, -0.2) is 58.7 Å². The molecule has 0 radical (unpaired) electrons. The van der Waals surface area contributed by atoms with Crippen LogP contribution in [0.4, 0.5) is 5.69 Å².